The minimum atomic E-state index is -0.347. The fraction of sp³-hybridized carbons (Fsp3) is 0.158. The Kier molecular flexibility index (Phi) is 3.96. The van der Waals surface area contributed by atoms with Gasteiger partial charge in [-0.25, -0.2) is 4.79 Å². The van der Waals surface area contributed by atoms with Crippen LogP contribution in [0.2, 0.25) is 0 Å². The summed E-state index contributed by atoms with van der Waals surface area (Å²) in [6.07, 6.45) is 3.45. The molecule has 6 nitrogen and oxygen atoms in total. The van der Waals surface area contributed by atoms with Gasteiger partial charge in [-0.05, 0) is 29.8 Å². The van der Waals surface area contributed by atoms with Crippen LogP contribution in [0.5, 0.6) is 0 Å². The zero-order valence-electron chi connectivity index (χ0n) is 14.3. The van der Waals surface area contributed by atoms with Crippen LogP contribution in [0.15, 0.2) is 67.3 Å². The first kappa shape index (κ1) is 16.7. The Bertz CT molecular complexity index is 1210. The van der Waals surface area contributed by atoms with Gasteiger partial charge in [0.2, 0.25) is 0 Å². The van der Waals surface area contributed by atoms with Crippen molar-refractivity contribution in [3.05, 3.63) is 79.9 Å². The summed E-state index contributed by atoms with van der Waals surface area (Å²) in [5.41, 5.74) is 1.60. The molecule has 7 heteroatoms. The van der Waals surface area contributed by atoms with Crippen LogP contribution in [-0.4, -0.2) is 13.7 Å². The lowest BCUT2D eigenvalue weighted by Crippen LogP contribution is -2.36. The standard InChI is InChI=1S/C19H16BrN3O3/c1-21-15-11-23(10-14-4-3-9-26-14)17(12-5-7-13(20)8-6-12)16(15)18(24)22(2)19(21)25/h3-9,11H,10H2,1-2H3. The molecule has 0 aliphatic heterocycles. The monoisotopic (exact) mass is 413 g/mol. The number of hydrogen-bond acceptors (Lipinski definition) is 3. The van der Waals surface area contributed by atoms with E-state index < -0.39 is 0 Å². The summed E-state index contributed by atoms with van der Waals surface area (Å²) in [5, 5.41) is 0.517. The van der Waals surface area contributed by atoms with E-state index in [1.54, 1.807) is 13.3 Å². The molecule has 0 atom stereocenters. The Hall–Kier alpha value is -2.80. The second kappa shape index (κ2) is 6.17. The van der Waals surface area contributed by atoms with E-state index in [0.717, 1.165) is 26.1 Å². The molecule has 0 bridgehead atoms. The predicted molar refractivity (Wildman–Crippen MR) is 103 cm³/mol. The molecule has 0 N–H and O–H groups in total. The van der Waals surface area contributed by atoms with Crippen LogP contribution < -0.4 is 11.2 Å². The van der Waals surface area contributed by atoms with Gasteiger partial charge in [-0.1, -0.05) is 28.1 Å². The van der Waals surface area contributed by atoms with Crippen molar-refractivity contribution in [1.82, 2.24) is 13.7 Å². The molecule has 3 heterocycles. The maximum absolute atomic E-state index is 12.9. The van der Waals surface area contributed by atoms with Crippen molar-refractivity contribution in [2.45, 2.75) is 6.54 Å². The van der Waals surface area contributed by atoms with Gasteiger partial charge in [-0.2, -0.15) is 0 Å². The van der Waals surface area contributed by atoms with E-state index >= 15 is 0 Å². The quantitative estimate of drug-likeness (QED) is 0.518. The van der Waals surface area contributed by atoms with Crippen molar-refractivity contribution in [3.63, 3.8) is 0 Å². The second-order valence-electron chi connectivity index (χ2n) is 6.16. The van der Waals surface area contributed by atoms with Crippen LogP contribution >= 0.6 is 15.9 Å². The first-order chi connectivity index (χ1) is 12.5. The molecule has 0 saturated carbocycles. The summed E-state index contributed by atoms with van der Waals surface area (Å²) in [6, 6.07) is 11.5. The van der Waals surface area contributed by atoms with E-state index in [1.165, 1.54) is 11.6 Å². The number of aromatic nitrogens is 3. The van der Waals surface area contributed by atoms with Crippen molar-refractivity contribution >= 4 is 26.8 Å². The SMILES string of the molecule is Cn1c(=O)c2c(-c3ccc(Br)cc3)n(Cc3ccco3)cc2n(C)c1=O. The highest BCUT2D eigenvalue weighted by Crippen LogP contribution is 2.29. The van der Waals surface area contributed by atoms with Crippen molar-refractivity contribution in [2.75, 3.05) is 0 Å². The minimum Gasteiger partial charge on any atom is -0.467 e. The zero-order chi connectivity index (χ0) is 18.4. The number of benzene rings is 1. The molecule has 0 radical (unpaired) electrons. The molecule has 0 fully saturated rings. The largest absolute Gasteiger partial charge is 0.467 e. The number of fused-ring (bicyclic) bond motifs is 1. The highest BCUT2D eigenvalue weighted by Gasteiger charge is 2.19. The van der Waals surface area contributed by atoms with E-state index in [2.05, 4.69) is 15.9 Å². The second-order valence-corrected chi connectivity index (χ2v) is 7.07. The van der Waals surface area contributed by atoms with Gasteiger partial charge in [0.05, 0.1) is 29.4 Å². The van der Waals surface area contributed by atoms with Gasteiger partial charge >= 0.3 is 5.69 Å². The molecule has 0 spiro atoms. The first-order valence-electron chi connectivity index (χ1n) is 8.04. The highest BCUT2D eigenvalue weighted by molar-refractivity contribution is 9.10. The van der Waals surface area contributed by atoms with Crippen LogP contribution in [-0.2, 0) is 20.6 Å². The van der Waals surface area contributed by atoms with Gasteiger partial charge in [0.25, 0.3) is 5.56 Å². The smallest absolute Gasteiger partial charge is 0.330 e. The first-order valence-corrected chi connectivity index (χ1v) is 8.84. The van der Waals surface area contributed by atoms with Crippen molar-refractivity contribution in [1.29, 1.82) is 0 Å². The maximum atomic E-state index is 12.9. The Morgan fingerprint density at radius 3 is 2.42 bits per heavy atom. The van der Waals surface area contributed by atoms with Gasteiger partial charge in [0.15, 0.2) is 0 Å². The average Bonchev–Trinajstić information content (AvgIpc) is 3.27. The van der Waals surface area contributed by atoms with Crippen LogP contribution in [0, 0.1) is 0 Å². The molecule has 0 aliphatic rings. The van der Waals surface area contributed by atoms with Gasteiger partial charge in [0.1, 0.15) is 5.76 Å². The Morgan fingerprint density at radius 1 is 1.04 bits per heavy atom. The molecular formula is C19H16BrN3O3. The number of halogens is 1. The molecule has 4 rings (SSSR count). The molecule has 0 amide bonds. The molecule has 3 aromatic heterocycles. The van der Waals surface area contributed by atoms with E-state index in [1.807, 2.05) is 47.2 Å². The zero-order valence-corrected chi connectivity index (χ0v) is 15.9. The Balaban J connectivity index is 2.09. The van der Waals surface area contributed by atoms with Crippen LogP contribution in [0.1, 0.15) is 5.76 Å². The lowest BCUT2D eigenvalue weighted by atomic mass is 10.1. The predicted octanol–water partition coefficient (Wildman–Crippen LogP) is 3.11. The summed E-state index contributed by atoms with van der Waals surface area (Å²) >= 11 is 3.44. The number of hydrogen-bond donors (Lipinski definition) is 0. The fourth-order valence-electron chi connectivity index (χ4n) is 3.20. The molecular weight excluding hydrogens is 398 g/mol. The third-order valence-corrected chi connectivity index (χ3v) is 5.06. The third-order valence-electron chi connectivity index (χ3n) is 4.54. The summed E-state index contributed by atoms with van der Waals surface area (Å²) in [4.78, 5) is 25.2. The lowest BCUT2D eigenvalue weighted by Gasteiger charge is -2.09. The molecule has 0 saturated heterocycles. The van der Waals surface area contributed by atoms with E-state index in [-0.39, 0.29) is 11.2 Å². The Morgan fingerprint density at radius 2 is 1.77 bits per heavy atom. The summed E-state index contributed by atoms with van der Waals surface area (Å²) in [7, 11) is 3.17. The molecule has 26 heavy (non-hydrogen) atoms. The third kappa shape index (κ3) is 2.55. The van der Waals surface area contributed by atoms with E-state index in [9.17, 15) is 9.59 Å². The van der Waals surface area contributed by atoms with E-state index in [0.29, 0.717) is 17.4 Å². The molecule has 132 valence electrons. The molecule has 1 aromatic carbocycles. The highest BCUT2D eigenvalue weighted by atomic mass is 79.9. The van der Waals surface area contributed by atoms with Crippen molar-refractivity contribution in [3.8, 4) is 11.3 Å². The van der Waals surface area contributed by atoms with Gasteiger partial charge in [-0.15, -0.1) is 0 Å². The van der Waals surface area contributed by atoms with Crippen LogP contribution in [0.3, 0.4) is 0 Å². The number of furan rings is 1. The van der Waals surface area contributed by atoms with Gasteiger partial charge < -0.3 is 8.98 Å². The average molecular weight is 414 g/mol. The summed E-state index contributed by atoms with van der Waals surface area (Å²) < 4.78 is 11.0. The van der Waals surface area contributed by atoms with Gasteiger partial charge in [-0.3, -0.25) is 13.9 Å². The number of rotatable bonds is 3. The molecule has 0 aliphatic carbocycles. The van der Waals surface area contributed by atoms with Crippen LogP contribution in [0.25, 0.3) is 22.2 Å². The number of aryl methyl sites for hydroxylation is 1. The molecule has 4 aromatic rings. The normalized spacial score (nSPS) is 11.3. The maximum Gasteiger partial charge on any atom is 0.330 e. The summed E-state index contributed by atoms with van der Waals surface area (Å²) in [6.45, 7) is 0.463. The van der Waals surface area contributed by atoms with Crippen molar-refractivity contribution in [2.24, 2.45) is 14.1 Å². The Labute approximate surface area is 157 Å². The van der Waals surface area contributed by atoms with E-state index in [4.69, 9.17) is 4.42 Å². The molecule has 0 unspecified atom stereocenters. The van der Waals surface area contributed by atoms with Crippen LogP contribution in [0.4, 0.5) is 0 Å². The van der Waals surface area contributed by atoms with Crippen molar-refractivity contribution < 1.29 is 4.42 Å². The number of nitrogens with zero attached hydrogens (tertiary/aromatic N) is 3. The minimum absolute atomic E-state index is 0.306. The summed E-state index contributed by atoms with van der Waals surface area (Å²) in [5.74, 6) is 0.769. The lowest BCUT2D eigenvalue weighted by molar-refractivity contribution is 0.495. The van der Waals surface area contributed by atoms with Gasteiger partial charge in [0, 0.05) is 24.8 Å². The fourth-order valence-corrected chi connectivity index (χ4v) is 3.47. The topological polar surface area (TPSA) is 62.1 Å².